The first-order valence-corrected chi connectivity index (χ1v) is 11.6. The van der Waals surface area contributed by atoms with Gasteiger partial charge in [0.25, 0.3) is 0 Å². The number of fused-ring (bicyclic) bond motifs is 1. The number of likely N-dealkylation sites (tertiary alicyclic amines) is 1. The second kappa shape index (κ2) is 9.32. The number of para-hydroxylation sites is 1. The molecule has 0 aromatic heterocycles. The number of carboxylic acids is 1. The molecule has 0 aliphatic carbocycles. The Morgan fingerprint density at radius 1 is 1.15 bits per heavy atom. The van der Waals surface area contributed by atoms with Crippen LogP contribution in [0.25, 0.3) is 0 Å². The SMILES string of the molecule is Cc1cccc(CN2CCC3(C2)CN(C)S(=O)(=O)c2ccccc2O3)c1.O=C(O)C(F)(F)F. The molecule has 180 valence electrons. The molecule has 1 fully saturated rings. The fourth-order valence-corrected chi connectivity index (χ4v) is 5.37. The number of ether oxygens (including phenoxy) is 1. The van der Waals surface area contributed by atoms with Crippen molar-refractivity contribution in [3.8, 4) is 5.75 Å². The predicted octanol–water partition coefficient (Wildman–Crippen LogP) is 3.29. The Bertz CT molecular complexity index is 1120. The molecule has 2 aromatic rings. The Balaban J connectivity index is 0.000000383. The number of alkyl halides is 3. The molecule has 1 saturated heterocycles. The van der Waals surface area contributed by atoms with Crippen LogP contribution in [0.15, 0.2) is 53.4 Å². The molecule has 2 aliphatic rings. The summed E-state index contributed by atoms with van der Waals surface area (Å²) < 4.78 is 65.1. The van der Waals surface area contributed by atoms with Gasteiger partial charge in [-0.1, -0.05) is 42.0 Å². The molecule has 4 rings (SSSR count). The lowest BCUT2D eigenvalue weighted by molar-refractivity contribution is -0.192. The van der Waals surface area contributed by atoms with Gasteiger partial charge in [0.1, 0.15) is 16.2 Å². The minimum Gasteiger partial charge on any atom is -0.483 e. The average Bonchev–Trinajstić information content (AvgIpc) is 3.06. The van der Waals surface area contributed by atoms with E-state index >= 15 is 0 Å². The predicted molar refractivity (Wildman–Crippen MR) is 114 cm³/mol. The van der Waals surface area contributed by atoms with Crippen LogP contribution in [0.3, 0.4) is 0 Å². The number of hydrogen-bond acceptors (Lipinski definition) is 5. The summed E-state index contributed by atoms with van der Waals surface area (Å²) in [6.45, 7) is 4.93. The molecule has 0 bridgehead atoms. The maximum absolute atomic E-state index is 12.8. The molecule has 33 heavy (non-hydrogen) atoms. The maximum atomic E-state index is 12.8. The first-order chi connectivity index (χ1) is 15.3. The summed E-state index contributed by atoms with van der Waals surface area (Å²) in [5.41, 5.74) is 2.03. The number of aryl methyl sites for hydroxylation is 1. The fourth-order valence-electron chi connectivity index (χ4n) is 4.02. The highest BCUT2D eigenvalue weighted by molar-refractivity contribution is 7.89. The van der Waals surface area contributed by atoms with E-state index in [0.29, 0.717) is 12.3 Å². The summed E-state index contributed by atoms with van der Waals surface area (Å²) >= 11 is 0. The molecule has 1 atom stereocenters. The lowest BCUT2D eigenvalue weighted by atomic mass is 10.0. The Hall–Kier alpha value is -2.63. The van der Waals surface area contributed by atoms with Crippen LogP contribution in [0.4, 0.5) is 13.2 Å². The highest BCUT2D eigenvalue weighted by Crippen LogP contribution is 2.38. The highest BCUT2D eigenvalue weighted by Gasteiger charge is 2.46. The average molecular weight is 487 g/mol. The molecule has 2 heterocycles. The lowest BCUT2D eigenvalue weighted by Gasteiger charge is -2.30. The number of halogens is 3. The van der Waals surface area contributed by atoms with Crippen molar-refractivity contribution < 1.29 is 36.2 Å². The second-order valence-corrected chi connectivity index (χ2v) is 10.3. The summed E-state index contributed by atoms with van der Waals surface area (Å²) in [6.07, 6.45) is -4.27. The van der Waals surface area contributed by atoms with Crippen molar-refractivity contribution in [2.24, 2.45) is 0 Å². The maximum Gasteiger partial charge on any atom is 0.490 e. The molecule has 1 unspecified atom stereocenters. The van der Waals surface area contributed by atoms with Crippen LogP contribution in [0.2, 0.25) is 0 Å². The summed E-state index contributed by atoms with van der Waals surface area (Å²) in [4.78, 5) is 11.5. The number of hydrogen-bond donors (Lipinski definition) is 1. The molecule has 0 radical (unpaired) electrons. The number of sulfonamides is 1. The third kappa shape index (κ3) is 5.84. The Morgan fingerprint density at radius 3 is 2.45 bits per heavy atom. The van der Waals surface area contributed by atoms with Crippen LogP contribution in [0.1, 0.15) is 17.5 Å². The van der Waals surface area contributed by atoms with Gasteiger partial charge in [-0.3, -0.25) is 4.90 Å². The lowest BCUT2D eigenvalue weighted by Crippen LogP contribution is -2.47. The smallest absolute Gasteiger partial charge is 0.483 e. The van der Waals surface area contributed by atoms with Crippen LogP contribution in [-0.2, 0) is 21.4 Å². The third-order valence-electron chi connectivity index (χ3n) is 5.50. The van der Waals surface area contributed by atoms with Crippen LogP contribution >= 0.6 is 0 Å². The van der Waals surface area contributed by atoms with Gasteiger partial charge in [0.05, 0.1) is 6.54 Å². The number of rotatable bonds is 2. The molecule has 11 heteroatoms. The van der Waals surface area contributed by atoms with Crippen LogP contribution in [0.5, 0.6) is 5.75 Å². The largest absolute Gasteiger partial charge is 0.490 e. The van der Waals surface area contributed by atoms with Crippen molar-refractivity contribution in [3.63, 3.8) is 0 Å². The second-order valence-electron chi connectivity index (χ2n) is 8.25. The van der Waals surface area contributed by atoms with Gasteiger partial charge in [-0.05, 0) is 24.6 Å². The van der Waals surface area contributed by atoms with Gasteiger partial charge in [-0.2, -0.15) is 17.5 Å². The summed E-state index contributed by atoms with van der Waals surface area (Å²) in [5, 5.41) is 7.12. The van der Waals surface area contributed by atoms with E-state index in [1.165, 1.54) is 15.4 Å². The van der Waals surface area contributed by atoms with Crippen molar-refractivity contribution in [1.29, 1.82) is 0 Å². The molecule has 0 amide bonds. The van der Waals surface area contributed by atoms with E-state index < -0.39 is 27.8 Å². The van der Waals surface area contributed by atoms with Crippen molar-refractivity contribution in [3.05, 3.63) is 59.7 Å². The number of carbonyl (C=O) groups is 1. The van der Waals surface area contributed by atoms with E-state index in [0.717, 1.165) is 26.1 Å². The van der Waals surface area contributed by atoms with Gasteiger partial charge in [0.2, 0.25) is 10.0 Å². The molecular weight excluding hydrogens is 461 g/mol. The van der Waals surface area contributed by atoms with Crippen LogP contribution in [0, 0.1) is 6.92 Å². The van der Waals surface area contributed by atoms with Gasteiger partial charge in [0.15, 0.2) is 0 Å². The fraction of sp³-hybridized carbons (Fsp3) is 0.409. The molecule has 0 saturated carbocycles. The normalized spacial score (nSPS) is 22.6. The van der Waals surface area contributed by atoms with Gasteiger partial charge in [0, 0.05) is 33.1 Å². The van der Waals surface area contributed by atoms with Crippen molar-refractivity contribution in [1.82, 2.24) is 9.21 Å². The zero-order valence-electron chi connectivity index (χ0n) is 18.2. The van der Waals surface area contributed by atoms with Gasteiger partial charge in [-0.15, -0.1) is 0 Å². The summed E-state index contributed by atoms with van der Waals surface area (Å²) in [5.74, 6) is -2.29. The number of nitrogens with zero attached hydrogens (tertiary/aromatic N) is 2. The summed E-state index contributed by atoms with van der Waals surface area (Å²) in [6, 6.07) is 15.5. The van der Waals surface area contributed by atoms with Gasteiger partial charge in [-0.25, -0.2) is 13.2 Å². The summed E-state index contributed by atoms with van der Waals surface area (Å²) in [7, 11) is -1.87. The van der Waals surface area contributed by atoms with E-state index in [-0.39, 0.29) is 4.90 Å². The monoisotopic (exact) mass is 486 g/mol. The van der Waals surface area contributed by atoms with Gasteiger partial charge < -0.3 is 9.84 Å². The van der Waals surface area contributed by atoms with Crippen LogP contribution in [-0.4, -0.2) is 67.2 Å². The van der Waals surface area contributed by atoms with Crippen LogP contribution < -0.4 is 4.74 Å². The number of carboxylic acid groups (broad SMARTS) is 1. The molecule has 1 spiro atoms. The topological polar surface area (TPSA) is 87.2 Å². The van der Waals surface area contributed by atoms with Crippen molar-refractivity contribution in [2.45, 2.75) is 36.6 Å². The minimum absolute atomic E-state index is 0.261. The Labute approximate surface area is 190 Å². The zero-order valence-corrected chi connectivity index (χ0v) is 19.0. The standard InChI is InChI=1S/C20H24N2O3S.C2HF3O2/c1-16-6-5-7-17(12-16)13-22-11-10-20(15-22)14-21(2)26(23,24)19-9-4-3-8-18(19)25-20;3-2(4,5)1(6)7/h3-9,12H,10-11,13-15H2,1-2H3;(H,6,7). The number of aliphatic carboxylic acids is 1. The first-order valence-electron chi connectivity index (χ1n) is 10.1. The number of benzene rings is 2. The van der Waals surface area contributed by atoms with E-state index in [4.69, 9.17) is 14.6 Å². The van der Waals surface area contributed by atoms with E-state index in [9.17, 15) is 21.6 Å². The molecule has 7 nitrogen and oxygen atoms in total. The van der Waals surface area contributed by atoms with E-state index in [1.54, 1.807) is 25.2 Å². The Morgan fingerprint density at radius 2 is 1.82 bits per heavy atom. The molecule has 2 aromatic carbocycles. The van der Waals surface area contributed by atoms with Gasteiger partial charge >= 0.3 is 12.1 Å². The van der Waals surface area contributed by atoms with E-state index in [2.05, 4.69) is 36.1 Å². The quantitative estimate of drug-likeness (QED) is 0.701. The third-order valence-corrected chi connectivity index (χ3v) is 7.34. The molecular formula is C22H25F3N2O5S. The highest BCUT2D eigenvalue weighted by atomic mass is 32.2. The Kier molecular flexibility index (Phi) is 7.06. The minimum atomic E-state index is -5.08. The van der Waals surface area contributed by atoms with Crippen molar-refractivity contribution >= 4 is 16.0 Å². The van der Waals surface area contributed by atoms with E-state index in [1.807, 2.05) is 6.07 Å². The number of likely N-dealkylation sites (N-methyl/N-ethyl adjacent to an activating group) is 1. The molecule has 1 N–H and O–H groups in total. The first kappa shape index (κ1) is 25.0. The zero-order chi connectivity index (χ0) is 24.4. The van der Waals surface area contributed by atoms with Crippen molar-refractivity contribution in [2.75, 3.05) is 26.7 Å². The molecule has 2 aliphatic heterocycles.